The number of hydrogen-bond donors (Lipinski definition) is 1. The number of rotatable bonds is 7. The average Bonchev–Trinajstić information content (AvgIpc) is 2.74. The van der Waals surface area contributed by atoms with Gasteiger partial charge in [-0.25, -0.2) is 0 Å². The van der Waals surface area contributed by atoms with E-state index in [-0.39, 0.29) is 23.3 Å². The van der Waals surface area contributed by atoms with Crippen LogP contribution < -0.4 is 10.1 Å². The number of hydrogen-bond acceptors (Lipinski definition) is 6. The Morgan fingerprint density at radius 1 is 1.20 bits per heavy atom. The van der Waals surface area contributed by atoms with Crippen molar-refractivity contribution in [2.24, 2.45) is 0 Å². The van der Waals surface area contributed by atoms with E-state index in [0.29, 0.717) is 0 Å². The Bertz CT molecular complexity index is 910. The predicted octanol–water partition coefficient (Wildman–Crippen LogP) is 3.06. The highest BCUT2D eigenvalue weighted by Crippen LogP contribution is 2.24. The van der Waals surface area contributed by atoms with Gasteiger partial charge in [0, 0.05) is 44.4 Å². The zero-order valence-corrected chi connectivity index (χ0v) is 17.6. The van der Waals surface area contributed by atoms with E-state index >= 15 is 0 Å². The number of methoxy groups -OCH3 is 1. The van der Waals surface area contributed by atoms with E-state index in [4.69, 9.17) is 4.74 Å². The number of nitrogens with one attached hydrogen (secondary N) is 1. The molecule has 0 saturated carbocycles. The first-order valence-corrected chi connectivity index (χ1v) is 10.0. The van der Waals surface area contributed by atoms with Gasteiger partial charge in [-0.2, -0.15) is 0 Å². The van der Waals surface area contributed by atoms with Crippen LogP contribution in [0.1, 0.15) is 18.1 Å². The first kappa shape index (κ1) is 21.7. The molecule has 8 nitrogen and oxygen atoms in total. The van der Waals surface area contributed by atoms with Crippen molar-refractivity contribution >= 4 is 17.3 Å². The molecule has 1 atom stereocenters. The summed E-state index contributed by atoms with van der Waals surface area (Å²) >= 11 is 0. The van der Waals surface area contributed by atoms with Crippen molar-refractivity contribution in [3.8, 4) is 5.75 Å². The van der Waals surface area contributed by atoms with Crippen LogP contribution in [-0.2, 0) is 11.3 Å². The van der Waals surface area contributed by atoms with E-state index in [1.54, 1.807) is 25.3 Å². The molecule has 1 aliphatic heterocycles. The van der Waals surface area contributed by atoms with Gasteiger partial charge in [0.1, 0.15) is 11.4 Å². The van der Waals surface area contributed by atoms with Gasteiger partial charge in [-0.15, -0.1) is 0 Å². The largest absolute Gasteiger partial charge is 0.496 e. The quantitative estimate of drug-likeness (QED) is 0.556. The molecule has 1 amide bonds. The van der Waals surface area contributed by atoms with Crippen LogP contribution in [0.25, 0.3) is 0 Å². The number of nitro benzene ring substituents is 1. The van der Waals surface area contributed by atoms with E-state index in [1.807, 2.05) is 19.1 Å². The van der Waals surface area contributed by atoms with Crippen molar-refractivity contribution in [3.63, 3.8) is 0 Å². The molecule has 1 aliphatic rings. The first-order chi connectivity index (χ1) is 14.4. The van der Waals surface area contributed by atoms with Crippen LogP contribution in [0.2, 0.25) is 0 Å². The van der Waals surface area contributed by atoms with Gasteiger partial charge in [0.15, 0.2) is 0 Å². The van der Waals surface area contributed by atoms with Gasteiger partial charge in [0.05, 0.1) is 18.1 Å². The topological polar surface area (TPSA) is 88.0 Å². The van der Waals surface area contributed by atoms with Crippen LogP contribution in [0.15, 0.2) is 42.5 Å². The van der Waals surface area contributed by atoms with Crippen LogP contribution in [-0.4, -0.2) is 60.0 Å². The lowest BCUT2D eigenvalue weighted by Crippen LogP contribution is -2.52. The third-order valence-corrected chi connectivity index (χ3v) is 5.52. The summed E-state index contributed by atoms with van der Waals surface area (Å²) in [5.74, 6) is 0.651. The number of nitrogens with zero attached hydrogens (tertiary/aromatic N) is 3. The maximum absolute atomic E-state index is 12.7. The third-order valence-electron chi connectivity index (χ3n) is 5.52. The normalized spacial score (nSPS) is 16.1. The van der Waals surface area contributed by atoms with E-state index < -0.39 is 4.92 Å². The van der Waals surface area contributed by atoms with Crippen molar-refractivity contribution in [2.45, 2.75) is 26.4 Å². The van der Waals surface area contributed by atoms with Crippen LogP contribution in [0, 0.1) is 17.0 Å². The second-order valence-corrected chi connectivity index (χ2v) is 7.57. The van der Waals surface area contributed by atoms with Gasteiger partial charge in [-0.05, 0) is 26.0 Å². The van der Waals surface area contributed by atoms with Gasteiger partial charge in [0.2, 0.25) is 5.91 Å². The second-order valence-electron chi connectivity index (χ2n) is 7.57. The Morgan fingerprint density at radius 3 is 2.57 bits per heavy atom. The molecule has 3 rings (SSSR count). The lowest BCUT2D eigenvalue weighted by Gasteiger charge is -2.37. The number of aryl methyl sites for hydroxylation is 1. The molecule has 2 aromatic carbocycles. The van der Waals surface area contributed by atoms with Crippen molar-refractivity contribution in [1.29, 1.82) is 0 Å². The number of piperazine rings is 1. The van der Waals surface area contributed by atoms with Crippen LogP contribution in [0.5, 0.6) is 5.75 Å². The molecule has 0 spiro atoms. The van der Waals surface area contributed by atoms with Crippen LogP contribution in [0.3, 0.4) is 0 Å². The summed E-state index contributed by atoms with van der Waals surface area (Å²) in [6.07, 6.45) is 0. The summed E-state index contributed by atoms with van der Waals surface area (Å²) in [5, 5.41) is 13.9. The second kappa shape index (κ2) is 9.69. The van der Waals surface area contributed by atoms with E-state index in [2.05, 4.69) is 28.1 Å². The van der Waals surface area contributed by atoms with Gasteiger partial charge < -0.3 is 10.1 Å². The van der Waals surface area contributed by atoms with Crippen LogP contribution >= 0.6 is 0 Å². The first-order valence-electron chi connectivity index (χ1n) is 10.0. The lowest BCUT2D eigenvalue weighted by atomic mass is 10.1. The number of carbonyl (C=O) groups is 1. The third kappa shape index (κ3) is 5.14. The molecule has 2 aromatic rings. The molecule has 1 heterocycles. The molecule has 1 fully saturated rings. The molecular formula is C22H28N4O4. The van der Waals surface area contributed by atoms with Gasteiger partial charge in [-0.1, -0.05) is 29.8 Å². The number of anilines is 1. The fourth-order valence-corrected chi connectivity index (χ4v) is 3.72. The van der Waals surface area contributed by atoms with Gasteiger partial charge >= 0.3 is 0 Å². The highest BCUT2D eigenvalue weighted by Gasteiger charge is 2.27. The minimum absolute atomic E-state index is 0.102. The molecule has 0 bridgehead atoms. The van der Waals surface area contributed by atoms with E-state index in [9.17, 15) is 14.9 Å². The van der Waals surface area contributed by atoms with Crippen molar-refractivity contribution < 1.29 is 14.5 Å². The summed E-state index contributed by atoms with van der Waals surface area (Å²) in [6, 6.07) is 12.0. The number of ether oxygens (including phenoxy) is 1. The standard InChI is InChI=1S/C22H28N4O4/c1-16-8-9-21(30-3)18(14-16)15-24-10-12-25(13-11-24)17(2)22(27)23-19-6-4-5-7-20(19)26(28)29/h4-9,14,17H,10-13,15H2,1-3H3,(H,23,27)/t17-/m0/s1. The molecule has 160 valence electrons. The summed E-state index contributed by atoms with van der Waals surface area (Å²) in [4.78, 5) is 27.8. The van der Waals surface area contributed by atoms with Gasteiger partial charge in [0.25, 0.3) is 5.69 Å². The van der Waals surface area contributed by atoms with Crippen molar-refractivity contribution in [3.05, 3.63) is 63.7 Å². The van der Waals surface area contributed by atoms with Gasteiger partial charge in [-0.3, -0.25) is 24.7 Å². The number of para-hydroxylation sites is 2. The van der Waals surface area contributed by atoms with E-state index in [1.165, 1.54) is 11.6 Å². The molecule has 0 aliphatic carbocycles. The molecule has 1 saturated heterocycles. The minimum atomic E-state index is -0.487. The number of amides is 1. The summed E-state index contributed by atoms with van der Waals surface area (Å²) in [7, 11) is 1.68. The number of benzene rings is 2. The Morgan fingerprint density at radius 2 is 1.90 bits per heavy atom. The summed E-state index contributed by atoms with van der Waals surface area (Å²) in [6.45, 7) is 7.87. The average molecular weight is 412 g/mol. The highest BCUT2D eigenvalue weighted by atomic mass is 16.6. The SMILES string of the molecule is COc1ccc(C)cc1CN1CCN([C@@H](C)C(=O)Nc2ccccc2[N+](=O)[O-])CC1. The lowest BCUT2D eigenvalue weighted by molar-refractivity contribution is -0.383. The number of nitro groups is 1. The van der Waals surface area contributed by atoms with E-state index in [0.717, 1.165) is 44.0 Å². The molecule has 0 unspecified atom stereocenters. The monoisotopic (exact) mass is 412 g/mol. The zero-order valence-electron chi connectivity index (χ0n) is 17.6. The Balaban J connectivity index is 1.56. The Labute approximate surface area is 176 Å². The maximum atomic E-state index is 12.7. The zero-order chi connectivity index (χ0) is 21.7. The number of carbonyl (C=O) groups excluding carboxylic acids is 1. The van der Waals surface area contributed by atoms with Crippen molar-refractivity contribution in [2.75, 3.05) is 38.6 Å². The predicted molar refractivity (Wildman–Crippen MR) is 116 cm³/mol. The maximum Gasteiger partial charge on any atom is 0.292 e. The fourth-order valence-electron chi connectivity index (χ4n) is 3.72. The molecule has 8 heteroatoms. The Kier molecular flexibility index (Phi) is 7.02. The molecule has 0 aromatic heterocycles. The molecule has 0 radical (unpaired) electrons. The summed E-state index contributed by atoms with van der Waals surface area (Å²) < 4.78 is 5.48. The molecule has 1 N–H and O–H groups in total. The summed E-state index contributed by atoms with van der Waals surface area (Å²) in [5.41, 5.74) is 2.48. The molecular weight excluding hydrogens is 384 g/mol. The Hall–Kier alpha value is -2.97. The van der Waals surface area contributed by atoms with Crippen molar-refractivity contribution in [1.82, 2.24) is 9.80 Å². The molecule has 30 heavy (non-hydrogen) atoms. The van der Waals surface area contributed by atoms with Crippen LogP contribution in [0.4, 0.5) is 11.4 Å². The fraction of sp³-hybridized carbons (Fsp3) is 0.409. The smallest absolute Gasteiger partial charge is 0.292 e. The minimum Gasteiger partial charge on any atom is -0.496 e. The highest BCUT2D eigenvalue weighted by molar-refractivity contribution is 5.96.